The third kappa shape index (κ3) is 2.43. The van der Waals surface area contributed by atoms with Crippen molar-refractivity contribution in [3.8, 4) is 11.5 Å². The van der Waals surface area contributed by atoms with Crippen LogP contribution in [0, 0.1) is 0 Å². The van der Waals surface area contributed by atoms with Gasteiger partial charge in [-0.05, 0) is 25.0 Å². The lowest BCUT2D eigenvalue weighted by Gasteiger charge is -2.19. The van der Waals surface area contributed by atoms with Crippen LogP contribution >= 0.6 is 0 Å². The van der Waals surface area contributed by atoms with E-state index in [1.165, 1.54) is 0 Å². The van der Waals surface area contributed by atoms with Crippen molar-refractivity contribution in [3.63, 3.8) is 0 Å². The fraction of sp³-hybridized carbons (Fsp3) is 0.417. The number of urea groups is 1. The van der Waals surface area contributed by atoms with E-state index in [2.05, 4.69) is 10.6 Å². The van der Waals surface area contributed by atoms with Gasteiger partial charge in [-0.1, -0.05) is 0 Å². The fourth-order valence-corrected chi connectivity index (χ4v) is 1.70. The molecule has 1 aliphatic heterocycles. The summed E-state index contributed by atoms with van der Waals surface area (Å²) in [5, 5.41) is 5.64. The minimum atomic E-state index is -0.163. The highest BCUT2D eigenvalue weighted by Crippen LogP contribution is 2.32. The van der Waals surface area contributed by atoms with E-state index in [-0.39, 0.29) is 6.03 Å². The third-order valence-electron chi connectivity index (χ3n) is 2.71. The van der Waals surface area contributed by atoms with E-state index in [0.29, 0.717) is 30.7 Å². The number of benzene rings is 1. The van der Waals surface area contributed by atoms with Gasteiger partial charge in [-0.25, -0.2) is 4.79 Å². The quantitative estimate of drug-likeness (QED) is 0.819. The second-order valence-corrected chi connectivity index (χ2v) is 4.23. The molecule has 0 atom stereocenters. The molecule has 17 heavy (non-hydrogen) atoms. The molecule has 2 aliphatic rings. The van der Waals surface area contributed by atoms with E-state index in [1.54, 1.807) is 18.2 Å². The Morgan fingerprint density at radius 2 is 1.94 bits per heavy atom. The smallest absolute Gasteiger partial charge is 0.319 e. The monoisotopic (exact) mass is 234 g/mol. The van der Waals surface area contributed by atoms with E-state index >= 15 is 0 Å². The van der Waals surface area contributed by atoms with Crippen molar-refractivity contribution in [3.05, 3.63) is 18.2 Å². The van der Waals surface area contributed by atoms with Gasteiger partial charge in [0.25, 0.3) is 0 Å². The molecule has 0 unspecified atom stereocenters. The number of carbonyl (C=O) groups excluding carboxylic acids is 1. The van der Waals surface area contributed by atoms with Gasteiger partial charge < -0.3 is 20.1 Å². The highest BCUT2D eigenvalue weighted by molar-refractivity contribution is 5.90. The van der Waals surface area contributed by atoms with Crippen molar-refractivity contribution in [2.75, 3.05) is 18.5 Å². The third-order valence-corrected chi connectivity index (χ3v) is 2.71. The van der Waals surface area contributed by atoms with E-state index in [1.807, 2.05) is 0 Å². The summed E-state index contributed by atoms with van der Waals surface area (Å²) in [6, 6.07) is 5.58. The van der Waals surface area contributed by atoms with Gasteiger partial charge in [0.2, 0.25) is 0 Å². The molecule has 1 aromatic rings. The highest BCUT2D eigenvalue weighted by atomic mass is 16.6. The van der Waals surface area contributed by atoms with Gasteiger partial charge in [-0.3, -0.25) is 0 Å². The van der Waals surface area contributed by atoms with Gasteiger partial charge in [0.15, 0.2) is 11.5 Å². The first-order valence-corrected chi connectivity index (χ1v) is 5.78. The van der Waals surface area contributed by atoms with Crippen LogP contribution in [-0.2, 0) is 0 Å². The molecule has 90 valence electrons. The van der Waals surface area contributed by atoms with E-state index in [9.17, 15) is 4.79 Å². The van der Waals surface area contributed by atoms with E-state index in [4.69, 9.17) is 9.47 Å². The van der Waals surface area contributed by atoms with E-state index in [0.717, 1.165) is 18.6 Å². The van der Waals surface area contributed by atoms with Gasteiger partial charge in [0.05, 0.1) is 0 Å². The van der Waals surface area contributed by atoms with Crippen LogP contribution < -0.4 is 20.1 Å². The zero-order valence-electron chi connectivity index (χ0n) is 9.36. The molecule has 0 radical (unpaired) electrons. The summed E-state index contributed by atoms with van der Waals surface area (Å²) < 4.78 is 10.8. The number of hydrogen-bond donors (Lipinski definition) is 2. The Labute approximate surface area is 99.1 Å². The first-order valence-electron chi connectivity index (χ1n) is 5.78. The molecule has 0 saturated heterocycles. The van der Waals surface area contributed by atoms with Crippen LogP contribution in [0.3, 0.4) is 0 Å². The van der Waals surface area contributed by atoms with Crippen LogP contribution in [0.15, 0.2) is 18.2 Å². The van der Waals surface area contributed by atoms with Crippen molar-refractivity contribution in [2.24, 2.45) is 0 Å². The zero-order valence-corrected chi connectivity index (χ0v) is 9.36. The molecule has 2 N–H and O–H groups in total. The summed E-state index contributed by atoms with van der Waals surface area (Å²) >= 11 is 0. The number of nitrogens with one attached hydrogen (secondary N) is 2. The Hall–Kier alpha value is -1.91. The molecule has 1 aliphatic carbocycles. The molecular weight excluding hydrogens is 220 g/mol. The lowest BCUT2D eigenvalue weighted by molar-refractivity contribution is 0.171. The van der Waals surface area contributed by atoms with Crippen LogP contribution in [0.1, 0.15) is 12.8 Å². The minimum Gasteiger partial charge on any atom is -0.486 e. The summed E-state index contributed by atoms with van der Waals surface area (Å²) in [6.45, 7) is 1.12. The normalized spacial score (nSPS) is 17.4. The molecule has 5 nitrogen and oxygen atoms in total. The zero-order chi connectivity index (χ0) is 11.7. The second-order valence-electron chi connectivity index (χ2n) is 4.23. The average molecular weight is 234 g/mol. The molecule has 0 bridgehead atoms. The maximum absolute atomic E-state index is 11.5. The number of carbonyl (C=O) groups is 1. The number of anilines is 1. The standard InChI is InChI=1S/C12H14N2O3/c15-12(13-8-1-2-8)14-9-3-4-10-11(7-9)17-6-5-16-10/h3-4,7-8H,1-2,5-6H2,(H2,13,14,15). The summed E-state index contributed by atoms with van der Waals surface area (Å²) in [4.78, 5) is 11.5. The van der Waals surface area contributed by atoms with Crippen molar-refractivity contribution in [1.82, 2.24) is 5.32 Å². The molecular formula is C12H14N2O3. The van der Waals surface area contributed by atoms with Crippen molar-refractivity contribution < 1.29 is 14.3 Å². The molecule has 5 heteroatoms. The fourth-order valence-electron chi connectivity index (χ4n) is 1.70. The predicted molar refractivity (Wildman–Crippen MR) is 62.6 cm³/mol. The predicted octanol–water partition coefficient (Wildman–Crippen LogP) is 1.74. The van der Waals surface area contributed by atoms with Crippen LogP contribution in [-0.4, -0.2) is 25.3 Å². The number of rotatable bonds is 2. The largest absolute Gasteiger partial charge is 0.486 e. The number of fused-ring (bicyclic) bond motifs is 1. The second kappa shape index (κ2) is 4.16. The molecule has 3 rings (SSSR count). The summed E-state index contributed by atoms with van der Waals surface area (Å²) in [5.74, 6) is 1.41. The first-order chi connectivity index (χ1) is 8.31. The maximum Gasteiger partial charge on any atom is 0.319 e. The molecule has 1 saturated carbocycles. The summed E-state index contributed by atoms with van der Waals surface area (Å²) in [7, 11) is 0. The van der Waals surface area contributed by atoms with Gasteiger partial charge in [-0.2, -0.15) is 0 Å². The highest BCUT2D eigenvalue weighted by Gasteiger charge is 2.23. The van der Waals surface area contributed by atoms with Gasteiger partial charge >= 0.3 is 6.03 Å². The topological polar surface area (TPSA) is 59.6 Å². The Bertz CT molecular complexity index is 443. The Morgan fingerprint density at radius 1 is 1.18 bits per heavy atom. The molecule has 2 amide bonds. The Morgan fingerprint density at radius 3 is 2.71 bits per heavy atom. The minimum absolute atomic E-state index is 0.163. The lowest BCUT2D eigenvalue weighted by Crippen LogP contribution is -2.30. The van der Waals surface area contributed by atoms with Gasteiger partial charge in [-0.15, -0.1) is 0 Å². The van der Waals surface area contributed by atoms with Crippen molar-refractivity contribution in [2.45, 2.75) is 18.9 Å². The average Bonchev–Trinajstić information content (AvgIpc) is 3.12. The van der Waals surface area contributed by atoms with Crippen molar-refractivity contribution in [1.29, 1.82) is 0 Å². The van der Waals surface area contributed by atoms with Gasteiger partial charge in [0.1, 0.15) is 13.2 Å². The molecule has 1 fully saturated rings. The van der Waals surface area contributed by atoms with Crippen LogP contribution in [0.25, 0.3) is 0 Å². The molecule has 0 spiro atoms. The number of hydrogen-bond acceptors (Lipinski definition) is 3. The first kappa shape index (κ1) is 10.3. The van der Waals surface area contributed by atoms with Gasteiger partial charge in [0, 0.05) is 17.8 Å². The van der Waals surface area contributed by atoms with Crippen molar-refractivity contribution >= 4 is 11.7 Å². The summed E-state index contributed by atoms with van der Waals surface area (Å²) in [6.07, 6.45) is 2.16. The van der Waals surface area contributed by atoms with Crippen LogP contribution in [0.2, 0.25) is 0 Å². The SMILES string of the molecule is O=C(Nc1ccc2c(c1)OCCO2)NC1CC1. The maximum atomic E-state index is 11.5. The van der Waals surface area contributed by atoms with E-state index < -0.39 is 0 Å². The number of ether oxygens (including phenoxy) is 2. The van der Waals surface area contributed by atoms with Crippen LogP contribution in [0.5, 0.6) is 11.5 Å². The number of amides is 2. The molecule has 1 aromatic carbocycles. The molecule has 1 heterocycles. The molecule has 0 aromatic heterocycles. The lowest BCUT2D eigenvalue weighted by atomic mass is 10.2. The van der Waals surface area contributed by atoms with Crippen LogP contribution in [0.4, 0.5) is 10.5 Å². The Balaban J connectivity index is 1.67. The Kier molecular flexibility index (Phi) is 2.51. The summed E-state index contributed by atoms with van der Waals surface area (Å²) in [5.41, 5.74) is 0.715.